The molecule has 2 aromatic carbocycles. The van der Waals surface area contributed by atoms with E-state index < -0.39 is 0 Å². The van der Waals surface area contributed by atoms with Crippen LogP contribution < -0.4 is 0 Å². The highest BCUT2D eigenvalue weighted by Crippen LogP contribution is 2.33. The highest BCUT2D eigenvalue weighted by molar-refractivity contribution is 7.98. The van der Waals surface area contributed by atoms with E-state index in [1.54, 1.807) is 11.8 Å². The number of rotatable bonds is 6. The van der Waals surface area contributed by atoms with Crippen molar-refractivity contribution in [1.82, 2.24) is 14.5 Å². The molecule has 5 rings (SSSR count). The third-order valence-electron chi connectivity index (χ3n) is 5.85. The predicted octanol–water partition coefficient (Wildman–Crippen LogP) is 6.08. The summed E-state index contributed by atoms with van der Waals surface area (Å²) in [6, 6.07) is 20.9. The molecule has 4 aromatic rings. The van der Waals surface area contributed by atoms with Crippen molar-refractivity contribution in [2.75, 3.05) is 13.1 Å². The zero-order valence-corrected chi connectivity index (χ0v) is 19.2. The molecule has 6 heteroatoms. The fraction of sp³-hybridized carbons (Fsp3) is 0.280. The molecule has 0 N–H and O–H groups in total. The van der Waals surface area contributed by atoms with Crippen molar-refractivity contribution < 1.29 is 4.42 Å². The molecule has 0 bridgehead atoms. The van der Waals surface area contributed by atoms with Crippen LogP contribution in [0.25, 0.3) is 11.1 Å². The molecule has 0 aliphatic carbocycles. The summed E-state index contributed by atoms with van der Waals surface area (Å²) in [5.41, 5.74) is 4.42. The average Bonchev–Trinajstić information content (AvgIpc) is 3.18. The van der Waals surface area contributed by atoms with Gasteiger partial charge in [0.2, 0.25) is 5.71 Å². The van der Waals surface area contributed by atoms with Crippen LogP contribution in [0, 0.1) is 4.64 Å². The summed E-state index contributed by atoms with van der Waals surface area (Å²) in [7, 11) is 0. The molecular formula is C25H25N3OS2. The lowest BCUT2D eigenvalue weighted by molar-refractivity contribution is 0.243. The van der Waals surface area contributed by atoms with Crippen molar-refractivity contribution in [2.45, 2.75) is 37.3 Å². The maximum Gasteiger partial charge on any atom is 0.231 e. The maximum absolute atomic E-state index is 6.26. The Bertz CT molecular complexity index is 1250. The first kappa shape index (κ1) is 20.5. The van der Waals surface area contributed by atoms with Crippen LogP contribution in [0.5, 0.6) is 0 Å². The number of aromatic nitrogens is 2. The summed E-state index contributed by atoms with van der Waals surface area (Å²) < 4.78 is 9.27. The molecule has 2 aromatic heterocycles. The van der Waals surface area contributed by atoms with Crippen LogP contribution in [-0.4, -0.2) is 27.5 Å². The van der Waals surface area contributed by atoms with E-state index in [0.717, 1.165) is 52.8 Å². The first-order valence-electron chi connectivity index (χ1n) is 10.7. The van der Waals surface area contributed by atoms with E-state index >= 15 is 0 Å². The molecule has 0 fully saturated rings. The van der Waals surface area contributed by atoms with E-state index in [1.807, 2.05) is 12.1 Å². The molecular weight excluding hydrogens is 422 g/mol. The topological polar surface area (TPSA) is 34.2 Å². The molecule has 31 heavy (non-hydrogen) atoms. The number of benzene rings is 2. The lowest BCUT2D eigenvalue weighted by Crippen LogP contribution is -2.29. The number of fused-ring (bicyclic) bond motifs is 3. The van der Waals surface area contributed by atoms with E-state index in [1.165, 1.54) is 16.7 Å². The van der Waals surface area contributed by atoms with Gasteiger partial charge in [0.15, 0.2) is 5.16 Å². The van der Waals surface area contributed by atoms with Crippen molar-refractivity contribution in [3.63, 3.8) is 0 Å². The lowest BCUT2D eigenvalue weighted by atomic mass is 10.1. The molecule has 0 amide bonds. The SMILES string of the molecule is CCN1CCc2c(oc3nc(SCc4ccccc4)n(Cc4ccccc4)c(=S)c23)C1. The van der Waals surface area contributed by atoms with Crippen LogP contribution in [0.15, 0.2) is 70.2 Å². The van der Waals surface area contributed by atoms with Crippen molar-refractivity contribution in [3.05, 3.63) is 87.8 Å². The molecule has 3 heterocycles. The molecule has 0 saturated carbocycles. The predicted molar refractivity (Wildman–Crippen MR) is 129 cm³/mol. The summed E-state index contributed by atoms with van der Waals surface area (Å²) in [6.07, 6.45) is 0.962. The Morgan fingerprint density at radius 3 is 2.45 bits per heavy atom. The van der Waals surface area contributed by atoms with Crippen LogP contribution in [0.1, 0.15) is 29.4 Å². The number of nitrogens with zero attached hydrogens (tertiary/aromatic N) is 3. The van der Waals surface area contributed by atoms with Gasteiger partial charge in [0.05, 0.1) is 18.5 Å². The molecule has 158 valence electrons. The zero-order chi connectivity index (χ0) is 21.2. The number of hydrogen-bond acceptors (Lipinski definition) is 5. The molecule has 0 saturated heterocycles. The first-order chi connectivity index (χ1) is 15.2. The zero-order valence-electron chi connectivity index (χ0n) is 17.6. The number of likely N-dealkylation sites (N-methyl/N-ethyl adjacent to an activating group) is 1. The van der Waals surface area contributed by atoms with Gasteiger partial charge in [0.1, 0.15) is 10.4 Å². The molecule has 0 atom stereocenters. The van der Waals surface area contributed by atoms with Gasteiger partial charge in [-0.15, -0.1) is 0 Å². The monoisotopic (exact) mass is 447 g/mol. The van der Waals surface area contributed by atoms with Gasteiger partial charge in [-0.1, -0.05) is 91.6 Å². The minimum atomic E-state index is 0.688. The van der Waals surface area contributed by atoms with E-state index in [9.17, 15) is 0 Å². The Hall–Kier alpha value is -2.41. The van der Waals surface area contributed by atoms with Gasteiger partial charge in [-0.3, -0.25) is 4.90 Å². The summed E-state index contributed by atoms with van der Waals surface area (Å²) in [6.45, 7) is 5.80. The van der Waals surface area contributed by atoms with E-state index in [0.29, 0.717) is 12.3 Å². The van der Waals surface area contributed by atoms with Gasteiger partial charge in [-0.2, -0.15) is 4.98 Å². The standard InChI is InChI=1S/C25H25N3OS2/c1-2-27-14-13-20-21(16-27)29-23-22(20)24(30)28(15-18-9-5-3-6-10-18)25(26-23)31-17-19-11-7-4-8-12-19/h3-12H,2,13-17H2,1H3. The Morgan fingerprint density at radius 1 is 1.03 bits per heavy atom. The van der Waals surface area contributed by atoms with Gasteiger partial charge in [-0.05, 0) is 24.1 Å². The summed E-state index contributed by atoms with van der Waals surface area (Å²) in [5, 5.41) is 1.93. The third-order valence-corrected chi connectivity index (χ3v) is 7.32. The molecule has 0 unspecified atom stereocenters. The average molecular weight is 448 g/mol. The van der Waals surface area contributed by atoms with Gasteiger partial charge in [0, 0.05) is 17.9 Å². The minimum absolute atomic E-state index is 0.688. The van der Waals surface area contributed by atoms with E-state index in [2.05, 4.69) is 64.9 Å². The Kier molecular flexibility index (Phi) is 5.94. The van der Waals surface area contributed by atoms with Crippen molar-refractivity contribution in [2.24, 2.45) is 0 Å². The van der Waals surface area contributed by atoms with E-state index in [4.69, 9.17) is 21.6 Å². The van der Waals surface area contributed by atoms with Crippen LogP contribution in [-0.2, 0) is 25.3 Å². The highest BCUT2D eigenvalue weighted by Gasteiger charge is 2.25. The Balaban J connectivity index is 1.59. The summed E-state index contributed by atoms with van der Waals surface area (Å²) in [4.78, 5) is 7.38. The van der Waals surface area contributed by atoms with Crippen molar-refractivity contribution >= 4 is 35.1 Å². The molecule has 1 aliphatic rings. The van der Waals surface area contributed by atoms with Crippen LogP contribution in [0.3, 0.4) is 0 Å². The summed E-state index contributed by atoms with van der Waals surface area (Å²) in [5.74, 6) is 1.87. The fourth-order valence-corrected chi connectivity index (χ4v) is 5.48. The summed E-state index contributed by atoms with van der Waals surface area (Å²) >= 11 is 7.76. The first-order valence-corrected chi connectivity index (χ1v) is 12.1. The number of hydrogen-bond donors (Lipinski definition) is 0. The van der Waals surface area contributed by atoms with Gasteiger partial charge in [0.25, 0.3) is 0 Å². The second-order valence-electron chi connectivity index (χ2n) is 7.85. The van der Waals surface area contributed by atoms with Gasteiger partial charge >= 0.3 is 0 Å². The minimum Gasteiger partial charge on any atom is -0.441 e. The van der Waals surface area contributed by atoms with Gasteiger partial charge < -0.3 is 8.98 Å². The highest BCUT2D eigenvalue weighted by atomic mass is 32.2. The van der Waals surface area contributed by atoms with Crippen LogP contribution in [0.2, 0.25) is 0 Å². The fourth-order valence-electron chi connectivity index (χ4n) is 4.12. The molecule has 0 radical (unpaired) electrons. The Labute approximate surface area is 191 Å². The smallest absolute Gasteiger partial charge is 0.231 e. The number of furan rings is 1. The molecule has 1 aliphatic heterocycles. The quantitative estimate of drug-likeness (QED) is 0.203. The Morgan fingerprint density at radius 2 is 1.74 bits per heavy atom. The lowest BCUT2D eigenvalue weighted by Gasteiger charge is -2.24. The maximum atomic E-state index is 6.26. The van der Waals surface area contributed by atoms with Crippen molar-refractivity contribution in [3.8, 4) is 0 Å². The largest absolute Gasteiger partial charge is 0.441 e. The third kappa shape index (κ3) is 4.20. The van der Waals surface area contributed by atoms with Gasteiger partial charge in [-0.25, -0.2) is 0 Å². The second-order valence-corrected chi connectivity index (χ2v) is 9.18. The second kappa shape index (κ2) is 8.99. The van der Waals surface area contributed by atoms with Crippen molar-refractivity contribution in [1.29, 1.82) is 0 Å². The molecule has 4 nitrogen and oxygen atoms in total. The van der Waals surface area contributed by atoms with E-state index in [-0.39, 0.29) is 0 Å². The number of thioether (sulfide) groups is 1. The van der Waals surface area contributed by atoms with Crippen LogP contribution in [0.4, 0.5) is 0 Å². The van der Waals surface area contributed by atoms with Crippen LogP contribution >= 0.6 is 24.0 Å². The molecule has 0 spiro atoms. The normalized spacial score (nSPS) is 14.1.